The Bertz CT molecular complexity index is 940. The maximum absolute atomic E-state index is 14.6. The number of amides is 2. The van der Waals surface area contributed by atoms with Gasteiger partial charge in [0.2, 0.25) is 11.8 Å². The standard InChI is InChI=1S/C29H47N3O7/c1-7-10-31(12-11-30-13-15-37-16-14-30)26(35)24-29-17-20(5)28(6,39-29)23(27(36)38-9-3)22(29)25(34)32(24)21(18-33)19(4)8-2/h7,19-24,33H,1,8-18H2,2-6H3/t19-,20?,21-,22-,23+,24?,28-,29?/m0/s1. The van der Waals surface area contributed by atoms with Crippen LogP contribution in [0.3, 0.4) is 0 Å². The van der Waals surface area contributed by atoms with E-state index in [0.29, 0.717) is 39.3 Å². The van der Waals surface area contributed by atoms with Crippen LogP contribution < -0.4 is 0 Å². The molecule has 0 aromatic carbocycles. The molecule has 3 unspecified atom stereocenters. The maximum Gasteiger partial charge on any atom is 0.312 e. The molecule has 4 heterocycles. The third-order valence-corrected chi connectivity index (χ3v) is 9.82. The molecule has 39 heavy (non-hydrogen) atoms. The number of aliphatic hydroxyl groups is 1. The minimum atomic E-state index is -1.17. The summed E-state index contributed by atoms with van der Waals surface area (Å²) in [4.78, 5) is 47.9. The lowest BCUT2D eigenvalue weighted by atomic mass is 9.62. The van der Waals surface area contributed by atoms with Crippen LogP contribution in [-0.4, -0.2) is 120 Å². The normalized spacial score (nSPS) is 35.5. The van der Waals surface area contributed by atoms with Gasteiger partial charge >= 0.3 is 5.97 Å². The van der Waals surface area contributed by atoms with Crippen molar-refractivity contribution in [3.8, 4) is 0 Å². The number of morpholine rings is 1. The van der Waals surface area contributed by atoms with Gasteiger partial charge in [-0.1, -0.05) is 33.3 Å². The fourth-order valence-corrected chi connectivity index (χ4v) is 7.43. The van der Waals surface area contributed by atoms with Crippen LogP contribution in [0.25, 0.3) is 0 Å². The van der Waals surface area contributed by atoms with Gasteiger partial charge in [0.05, 0.1) is 44.0 Å². The molecule has 4 rings (SSSR count). The number of hydrogen-bond donors (Lipinski definition) is 1. The van der Waals surface area contributed by atoms with Crippen LogP contribution in [0.1, 0.15) is 47.5 Å². The number of rotatable bonds is 12. The van der Waals surface area contributed by atoms with Crippen molar-refractivity contribution >= 4 is 17.8 Å². The fraction of sp³-hybridized carbons (Fsp3) is 0.828. The summed E-state index contributed by atoms with van der Waals surface area (Å²) in [6, 6.07) is -1.52. The van der Waals surface area contributed by atoms with Gasteiger partial charge in [-0.05, 0) is 32.1 Å². The second-order valence-corrected chi connectivity index (χ2v) is 11.9. The molecule has 4 aliphatic heterocycles. The first-order valence-corrected chi connectivity index (χ1v) is 14.6. The van der Waals surface area contributed by atoms with Crippen molar-refractivity contribution in [3.05, 3.63) is 12.7 Å². The first-order chi connectivity index (χ1) is 18.6. The molecule has 10 nitrogen and oxygen atoms in total. The van der Waals surface area contributed by atoms with Crippen molar-refractivity contribution in [3.63, 3.8) is 0 Å². The molecule has 220 valence electrons. The van der Waals surface area contributed by atoms with Crippen LogP contribution in [0.15, 0.2) is 12.7 Å². The largest absolute Gasteiger partial charge is 0.466 e. The molecule has 0 aromatic rings. The predicted molar refractivity (Wildman–Crippen MR) is 145 cm³/mol. The maximum atomic E-state index is 14.6. The first kappa shape index (κ1) is 30.0. The van der Waals surface area contributed by atoms with E-state index >= 15 is 0 Å². The lowest BCUT2D eigenvalue weighted by molar-refractivity contribution is -0.164. The van der Waals surface area contributed by atoms with E-state index in [4.69, 9.17) is 14.2 Å². The van der Waals surface area contributed by atoms with Crippen molar-refractivity contribution < 1.29 is 33.7 Å². The van der Waals surface area contributed by atoms with Crippen LogP contribution in [0.5, 0.6) is 0 Å². The lowest BCUT2D eigenvalue weighted by Crippen LogP contribution is -2.60. The van der Waals surface area contributed by atoms with Gasteiger partial charge in [-0.2, -0.15) is 0 Å². The third-order valence-electron chi connectivity index (χ3n) is 9.82. The molecule has 4 fully saturated rings. The molecule has 8 atom stereocenters. The minimum Gasteiger partial charge on any atom is -0.466 e. The number of nitrogens with zero attached hydrogens (tertiary/aromatic N) is 3. The van der Waals surface area contributed by atoms with E-state index in [-0.39, 0.29) is 36.9 Å². The summed E-state index contributed by atoms with van der Waals surface area (Å²) < 4.78 is 17.7. The van der Waals surface area contributed by atoms with E-state index in [0.717, 1.165) is 19.5 Å². The molecule has 10 heteroatoms. The summed E-state index contributed by atoms with van der Waals surface area (Å²) in [5.74, 6) is -2.75. The number of carbonyl (C=O) groups is 3. The number of fused-ring (bicyclic) bond motifs is 1. The molecule has 2 amide bonds. The summed E-state index contributed by atoms with van der Waals surface area (Å²) in [6.45, 7) is 17.8. The molecule has 0 aliphatic carbocycles. The summed E-state index contributed by atoms with van der Waals surface area (Å²) in [5, 5.41) is 10.5. The SMILES string of the molecule is C=CCN(CCN1CCOCC1)C(=O)C1N([C@@H](CO)[C@@H](C)CC)C(=O)[C@@H]2[C@H](C(=O)OCC)[C@@]3(C)OC12CC3C. The number of likely N-dealkylation sites (tertiary alicyclic amines) is 1. The Kier molecular flexibility index (Phi) is 9.10. The van der Waals surface area contributed by atoms with E-state index < -0.39 is 41.1 Å². The second kappa shape index (κ2) is 11.8. The smallest absolute Gasteiger partial charge is 0.312 e. The highest BCUT2D eigenvalue weighted by atomic mass is 16.6. The van der Waals surface area contributed by atoms with Gasteiger partial charge in [0.15, 0.2) is 0 Å². The molecule has 2 bridgehead atoms. The monoisotopic (exact) mass is 549 g/mol. The van der Waals surface area contributed by atoms with Crippen LogP contribution >= 0.6 is 0 Å². The zero-order valence-electron chi connectivity index (χ0n) is 24.3. The predicted octanol–water partition coefficient (Wildman–Crippen LogP) is 1.31. The van der Waals surface area contributed by atoms with E-state index in [9.17, 15) is 19.5 Å². The Hall–Kier alpha value is -2.01. The molecule has 0 saturated carbocycles. The van der Waals surface area contributed by atoms with Gasteiger partial charge in [0.1, 0.15) is 17.6 Å². The van der Waals surface area contributed by atoms with E-state index in [1.807, 2.05) is 27.7 Å². The second-order valence-electron chi connectivity index (χ2n) is 11.9. The van der Waals surface area contributed by atoms with E-state index in [1.165, 1.54) is 0 Å². The average Bonchev–Trinajstić information content (AvgIpc) is 3.44. The number of aliphatic hydroxyl groups excluding tert-OH is 1. The third kappa shape index (κ3) is 4.91. The van der Waals surface area contributed by atoms with Crippen LogP contribution in [0.2, 0.25) is 0 Å². The lowest BCUT2D eigenvalue weighted by Gasteiger charge is -2.41. The van der Waals surface area contributed by atoms with Crippen molar-refractivity contribution in [2.75, 3.05) is 59.2 Å². The molecule has 4 aliphatic rings. The van der Waals surface area contributed by atoms with Gasteiger partial charge in [-0.25, -0.2) is 0 Å². The Morgan fingerprint density at radius 2 is 2.00 bits per heavy atom. The molecule has 0 radical (unpaired) electrons. The highest BCUT2D eigenvalue weighted by Crippen LogP contribution is 2.65. The van der Waals surface area contributed by atoms with E-state index in [1.54, 1.807) is 22.8 Å². The molecule has 4 saturated heterocycles. The van der Waals surface area contributed by atoms with Gasteiger partial charge in [0.25, 0.3) is 0 Å². The molecular formula is C29H47N3O7. The first-order valence-electron chi connectivity index (χ1n) is 14.6. The molecular weight excluding hydrogens is 502 g/mol. The highest BCUT2D eigenvalue weighted by molar-refractivity contribution is 5.98. The highest BCUT2D eigenvalue weighted by Gasteiger charge is 2.80. The Morgan fingerprint density at radius 1 is 1.31 bits per heavy atom. The Balaban J connectivity index is 1.76. The van der Waals surface area contributed by atoms with Crippen LogP contribution in [0.4, 0.5) is 0 Å². The summed E-state index contributed by atoms with van der Waals surface area (Å²) in [7, 11) is 0. The van der Waals surface area contributed by atoms with E-state index in [2.05, 4.69) is 11.5 Å². The van der Waals surface area contributed by atoms with Crippen molar-refractivity contribution in [1.82, 2.24) is 14.7 Å². The molecule has 0 aromatic heterocycles. The quantitative estimate of drug-likeness (QED) is 0.287. The number of ether oxygens (including phenoxy) is 3. The molecule has 1 N–H and O–H groups in total. The molecule has 1 spiro atoms. The zero-order valence-corrected chi connectivity index (χ0v) is 24.3. The topological polar surface area (TPSA) is 109 Å². The minimum absolute atomic E-state index is 0.0584. The fourth-order valence-electron chi connectivity index (χ4n) is 7.43. The van der Waals surface area contributed by atoms with Gasteiger partial charge in [-0.3, -0.25) is 19.3 Å². The van der Waals surface area contributed by atoms with Crippen molar-refractivity contribution in [1.29, 1.82) is 0 Å². The summed E-state index contributed by atoms with van der Waals surface area (Å²) >= 11 is 0. The number of carbonyl (C=O) groups excluding carboxylic acids is 3. The van der Waals surface area contributed by atoms with Crippen molar-refractivity contribution in [2.24, 2.45) is 23.7 Å². The Morgan fingerprint density at radius 3 is 2.59 bits per heavy atom. The zero-order chi connectivity index (χ0) is 28.5. The number of hydrogen-bond acceptors (Lipinski definition) is 8. The average molecular weight is 550 g/mol. The van der Waals surface area contributed by atoms with Crippen molar-refractivity contribution in [2.45, 2.75) is 70.7 Å². The van der Waals surface area contributed by atoms with Gasteiger partial charge in [-0.15, -0.1) is 6.58 Å². The summed E-state index contributed by atoms with van der Waals surface area (Å²) in [5.41, 5.74) is -2.08. The Labute approximate surface area is 232 Å². The van der Waals surface area contributed by atoms with Gasteiger partial charge < -0.3 is 29.1 Å². The van der Waals surface area contributed by atoms with Crippen LogP contribution in [0, 0.1) is 23.7 Å². The number of esters is 1. The van der Waals surface area contributed by atoms with Gasteiger partial charge in [0, 0.05) is 32.7 Å². The van der Waals surface area contributed by atoms with Crippen LogP contribution in [-0.2, 0) is 28.6 Å². The summed E-state index contributed by atoms with van der Waals surface area (Å²) in [6.07, 6.45) is 2.90.